The van der Waals surface area contributed by atoms with Crippen molar-refractivity contribution in [1.29, 1.82) is 0 Å². The Bertz CT molecular complexity index is 839. The van der Waals surface area contributed by atoms with Gasteiger partial charge in [-0.15, -0.1) is 0 Å². The van der Waals surface area contributed by atoms with Crippen LogP contribution in [0.5, 0.6) is 0 Å². The number of urea groups is 1. The molecule has 0 radical (unpaired) electrons. The van der Waals surface area contributed by atoms with Crippen LogP contribution in [0.4, 0.5) is 4.79 Å². The van der Waals surface area contributed by atoms with E-state index in [0.717, 1.165) is 40.5 Å². The monoisotopic (exact) mass is 387 g/mol. The van der Waals surface area contributed by atoms with Crippen LogP contribution in [-0.4, -0.2) is 50.6 Å². The molecule has 7 heteroatoms. The zero-order valence-corrected chi connectivity index (χ0v) is 17.3. The first kappa shape index (κ1) is 20.3. The average Bonchev–Trinajstić information content (AvgIpc) is 3.04. The second-order valence-electron chi connectivity index (χ2n) is 8.35. The molecule has 0 bridgehead atoms. The quantitative estimate of drug-likeness (QED) is 0.441. The number of rotatable bonds is 5. The lowest BCUT2D eigenvalue weighted by molar-refractivity contribution is -0.144. The molecule has 0 aromatic carbocycles. The Hall–Kier alpha value is -2.44. The summed E-state index contributed by atoms with van der Waals surface area (Å²) in [7, 11) is 0. The first-order valence-corrected chi connectivity index (χ1v) is 10.1. The number of carbonyl (C=O) groups is 4. The molecule has 2 heterocycles. The Morgan fingerprint density at radius 1 is 1.11 bits per heavy atom. The summed E-state index contributed by atoms with van der Waals surface area (Å²) in [6, 6.07) is 1.07. The van der Waals surface area contributed by atoms with Gasteiger partial charge in [0, 0.05) is 29.0 Å². The van der Waals surface area contributed by atoms with Crippen molar-refractivity contribution in [3.05, 3.63) is 23.0 Å². The normalized spacial score (nSPS) is 23.3. The van der Waals surface area contributed by atoms with E-state index in [1.54, 1.807) is 6.07 Å². The second kappa shape index (κ2) is 7.53. The minimum Gasteiger partial charge on any atom is -0.346 e. The Morgan fingerprint density at radius 2 is 1.75 bits per heavy atom. The smallest absolute Gasteiger partial charge is 0.334 e. The lowest BCUT2D eigenvalue weighted by atomic mass is 9.85. The van der Waals surface area contributed by atoms with Crippen LogP contribution < -0.4 is 0 Å². The predicted molar refractivity (Wildman–Crippen MR) is 104 cm³/mol. The summed E-state index contributed by atoms with van der Waals surface area (Å²) < 4.78 is 2.04. The van der Waals surface area contributed by atoms with Gasteiger partial charge in [0.2, 0.25) is 0 Å². The molecule has 0 N–H and O–H groups in total. The SMILES string of the molecule is Cc1cc(C(=O)CN2C(=O)C(=O)N([C@@H]3CCCC[C@@H]3C)C2=O)c(C)n1C(C)C. The summed E-state index contributed by atoms with van der Waals surface area (Å²) >= 11 is 0. The van der Waals surface area contributed by atoms with Gasteiger partial charge in [0.1, 0.15) is 0 Å². The van der Waals surface area contributed by atoms with Gasteiger partial charge < -0.3 is 4.57 Å². The molecule has 3 rings (SSSR count). The molecule has 1 aromatic rings. The van der Waals surface area contributed by atoms with E-state index in [-0.39, 0.29) is 23.8 Å². The molecular formula is C21H29N3O4. The highest BCUT2D eigenvalue weighted by molar-refractivity contribution is 6.45. The number of hydrogen-bond donors (Lipinski definition) is 0. The fourth-order valence-electron chi connectivity index (χ4n) is 4.72. The van der Waals surface area contributed by atoms with Crippen molar-refractivity contribution in [2.24, 2.45) is 5.92 Å². The van der Waals surface area contributed by atoms with Crippen LogP contribution in [0.25, 0.3) is 0 Å². The minimum absolute atomic E-state index is 0.162. The molecule has 1 aromatic heterocycles. The number of ketones is 1. The van der Waals surface area contributed by atoms with Crippen LogP contribution >= 0.6 is 0 Å². The van der Waals surface area contributed by atoms with Crippen molar-refractivity contribution in [1.82, 2.24) is 14.4 Å². The number of hydrogen-bond acceptors (Lipinski definition) is 4. The highest BCUT2D eigenvalue weighted by atomic mass is 16.2. The van der Waals surface area contributed by atoms with E-state index >= 15 is 0 Å². The van der Waals surface area contributed by atoms with Gasteiger partial charge in [-0.2, -0.15) is 0 Å². The summed E-state index contributed by atoms with van der Waals surface area (Å²) in [6.45, 7) is 9.45. The van der Waals surface area contributed by atoms with Gasteiger partial charge in [0.05, 0.1) is 6.54 Å². The number of aryl methyl sites for hydroxylation is 1. The minimum atomic E-state index is -0.895. The number of aromatic nitrogens is 1. The maximum Gasteiger partial charge on any atom is 0.334 e. The molecule has 1 saturated carbocycles. The number of Topliss-reactive ketones (excluding diaryl/α,β-unsaturated/α-hetero) is 1. The van der Waals surface area contributed by atoms with Crippen LogP contribution in [-0.2, 0) is 9.59 Å². The summed E-state index contributed by atoms with van der Waals surface area (Å²) in [5, 5.41) is 0. The van der Waals surface area contributed by atoms with Crippen LogP contribution in [0.15, 0.2) is 6.07 Å². The molecule has 1 aliphatic heterocycles. The predicted octanol–water partition coefficient (Wildman–Crippen LogP) is 3.24. The molecule has 152 valence electrons. The van der Waals surface area contributed by atoms with E-state index in [4.69, 9.17) is 0 Å². The second-order valence-corrected chi connectivity index (χ2v) is 8.35. The van der Waals surface area contributed by atoms with Gasteiger partial charge in [-0.05, 0) is 52.5 Å². The van der Waals surface area contributed by atoms with Crippen molar-refractivity contribution in [3.63, 3.8) is 0 Å². The van der Waals surface area contributed by atoms with E-state index in [0.29, 0.717) is 12.0 Å². The third-order valence-electron chi connectivity index (χ3n) is 6.08. The summed E-state index contributed by atoms with van der Waals surface area (Å²) in [5.74, 6) is -1.86. The topological polar surface area (TPSA) is 79.7 Å². The van der Waals surface area contributed by atoms with Gasteiger partial charge in [-0.3, -0.25) is 19.3 Å². The van der Waals surface area contributed by atoms with Crippen LogP contribution in [0, 0.1) is 19.8 Å². The molecule has 1 saturated heterocycles. The molecule has 2 fully saturated rings. The van der Waals surface area contributed by atoms with E-state index in [9.17, 15) is 19.2 Å². The molecule has 2 atom stereocenters. The van der Waals surface area contributed by atoms with Crippen molar-refractivity contribution in [2.45, 2.75) is 72.4 Å². The zero-order chi connectivity index (χ0) is 20.7. The van der Waals surface area contributed by atoms with Crippen LogP contribution in [0.2, 0.25) is 0 Å². The molecule has 0 unspecified atom stereocenters. The Labute approximate surface area is 165 Å². The first-order chi connectivity index (χ1) is 13.1. The highest BCUT2D eigenvalue weighted by Crippen LogP contribution is 2.31. The average molecular weight is 387 g/mol. The van der Waals surface area contributed by atoms with E-state index < -0.39 is 24.4 Å². The number of nitrogens with zero attached hydrogens (tertiary/aromatic N) is 3. The lowest BCUT2D eigenvalue weighted by Crippen LogP contribution is -2.46. The molecule has 1 aliphatic carbocycles. The molecule has 0 spiro atoms. The number of amides is 4. The number of carbonyl (C=O) groups excluding carboxylic acids is 4. The molecule has 7 nitrogen and oxygen atoms in total. The first-order valence-electron chi connectivity index (χ1n) is 10.1. The van der Waals surface area contributed by atoms with Crippen LogP contribution in [0.1, 0.15) is 74.2 Å². The fraction of sp³-hybridized carbons (Fsp3) is 0.619. The summed E-state index contributed by atoms with van der Waals surface area (Å²) in [5.41, 5.74) is 2.24. The van der Waals surface area contributed by atoms with Gasteiger partial charge in [0.15, 0.2) is 5.78 Å². The fourth-order valence-corrected chi connectivity index (χ4v) is 4.72. The van der Waals surface area contributed by atoms with Crippen molar-refractivity contribution < 1.29 is 19.2 Å². The lowest BCUT2D eigenvalue weighted by Gasteiger charge is -2.34. The number of imide groups is 2. The summed E-state index contributed by atoms with van der Waals surface area (Å²) in [6.07, 6.45) is 3.63. The standard InChI is InChI=1S/C21H29N3O4/c1-12(2)23-14(4)10-16(15(23)5)18(25)11-22-19(26)20(27)24(21(22)28)17-9-7-6-8-13(17)3/h10,12-13,17H,6-9,11H2,1-5H3/t13-,17+/m0/s1. The van der Waals surface area contributed by atoms with Crippen molar-refractivity contribution in [2.75, 3.05) is 6.54 Å². The highest BCUT2D eigenvalue weighted by Gasteiger charge is 2.49. The molecule has 2 aliphatic rings. The molecule has 4 amide bonds. The van der Waals surface area contributed by atoms with E-state index in [1.807, 2.05) is 39.2 Å². The van der Waals surface area contributed by atoms with E-state index in [2.05, 4.69) is 0 Å². The third kappa shape index (κ3) is 3.27. The van der Waals surface area contributed by atoms with E-state index in [1.165, 1.54) is 0 Å². The maximum absolute atomic E-state index is 12.9. The van der Waals surface area contributed by atoms with Gasteiger partial charge in [0.25, 0.3) is 0 Å². The largest absolute Gasteiger partial charge is 0.346 e. The molecule has 28 heavy (non-hydrogen) atoms. The third-order valence-corrected chi connectivity index (χ3v) is 6.08. The Kier molecular flexibility index (Phi) is 5.46. The maximum atomic E-state index is 12.9. The Balaban J connectivity index is 1.82. The van der Waals surface area contributed by atoms with Crippen molar-refractivity contribution in [3.8, 4) is 0 Å². The molecular weight excluding hydrogens is 358 g/mol. The zero-order valence-electron chi connectivity index (χ0n) is 17.3. The summed E-state index contributed by atoms with van der Waals surface area (Å²) in [4.78, 5) is 52.6. The van der Waals surface area contributed by atoms with Gasteiger partial charge in [-0.25, -0.2) is 9.69 Å². The van der Waals surface area contributed by atoms with Crippen LogP contribution in [0.3, 0.4) is 0 Å². The van der Waals surface area contributed by atoms with Crippen molar-refractivity contribution >= 4 is 23.6 Å². The Morgan fingerprint density at radius 3 is 2.32 bits per heavy atom. The van der Waals surface area contributed by atoms with Gasteiger partial charge in [-0.1, -0.05) is 19.8 Å². The van der Waals surface area contributed by atoms with Gasteiger partial charge >= 0.3 is 17.8 Å².